The fourth-order valence-corrected chi connectivity index (χ4v) is 5.73. The van der Waals surface area contributed by atoms with Crippen LogP contribution in [0.1, 0.15) is 18.9 Å². The van der Waals surface area contributed by atoms with E-state index in [-0.39, 0.29) is 23.7 Å². The van der Waals surface area contributed by atoms with Crippen LogP contribution in [0, 0.1) is 46.3 Å². The Kier molecular flexibility index (Phi) is 2.75. The lowest BCUT2D eigenvalue weighted by Gasteiger charge is -2.32. The van der Waals surface area contributed by atoms with Gasteiger partial charge in [-0.2, -0.15) is 10.5 Å². The smallest absolute Gasteiger partial charge is 0.181 e. The molecular weight excluding hydrogens is 304 g/mol. The Balaban J connectivity index is 1.58. The predicted octanol–water partition coefficient (Wildman–Crippen LogP) is 2.39. The molecule has 4 aliphatic rings. The molecule has 5 nitrogen and oxygen atoms in total. The number of hydrogen-bond acceptors (Lipinski definition) is 5. The van der Waals surface area contributed by atoms with E-state index in [9.17, 15) is 10.5 Å². The maximum atomic E-state index is 9.55. The molecule has 1 aliphatic carbocycles. The lowest BCUT2D eigenvalue weighted by molar-refractivity contribution is -0.310. The van der Waals surface area contributed by atoms with Gasteiger partial charge in [-0.1, -0.05) is 30.3 Å². The van der Waals surface area contributed by atoms with Crippen molar-refractivity contribution in [3.63, 3.8) is 0 Å². The largest absolute Gasteiger partial charge is 0.331 e. The van der Waals surface area contributed by atoms with Gasteiger partial charge in [0.2, 0.25) is 0 Å². The third kappa shape index (κ3) is 1.62. The molecule has 122 valence electrons. The average Bonchev–Trinajstić information content (AvgIpc) is 3.24. The molecule has 1 aromatic carbocycles. The highest BCUT2D eigenvalue weighted by atomic mass is 16.8. The van der Waals surface area contributed by atoms with Crippen molar-refractivity contribution in [1.82, 2.24) is 0 Å². The highest BCUT2D eigenvalue weighted by Crippen LogP contribution is 2.69. The normalized spacial score (nSPS) is 50.5. The van der Waals surface area contributed by atoms with Gasteiger partial charge < -0.3 is 14.2 Å². The van der Waals surface area contributed by atoms with Crippen LogP contribution in [0.3, 0.4) is 0 Å². The monoisotopic (exact) mass is 322 g/mol. The van der Waals surface area contributed by atoms with Crippen LogP contribution < -0.4 is 0 Å². The zero-order chi connectivity index (χ0) is 16.5. The molecular formula is C19H18N2O3. The van der Waals surface area contributed by atoms with Crippen LogP contribution in [-0.2, 0) is 20.6 Å². The zero-order valence-corrected chi connectivity index (χ0v) is 13.4. The summed E-state index contributed by atoms with van der Waals surface area (Å²) in [5, 5.41) is 19.0. The summed E-state index contributed by atoms with van der Waals surface area (Å²) >= 11 is 0. The summed E-state index contributed by atoms with van der Waals surface area (Å²) in [4.78, 5) is 0. The molecule has 1 aromatic rings. The Bertz CT molecular complexity index is 769. The molecule has 5 rings (SSSR count). The van der Waals surface area contributed by atoms with E-state index in [0.717, 1.165) is 12.0 Å². The Morgan fingerprint density at radius 2 is 1.71 bits per heavy atom. The quantitative estimate of drug-likeness (QED) is 0.835. The summed E-state index contributed by atoms with van der Waals surface area (Å²) in [6.45, 7) is 1.93. The van der Waals surface area contributed by atoms with Crippen LogP contribution >= 0.6 is 0 Å². The topological polar surface area (TPSA) is 75.3 Å². The molecule has 8 atom stereocenters. The maximum Gasteiger partial charge on any atom is 0.181 e. The molecule has 1 saturated carbocycles. The second kappa shape index (κ2) is 4.58. The van der Waals surface area contributed by atoms with Gasteiger partial charge >= 0.3 is 0 Å². The van der Waals surface area contributed by atoms with E-state index in [1.807, 2.05) is 25.1 Å². The SMILES string of the molecule is C[C@@]12O[C@@H](C#N)[C@@H]3C[C@H]4[C@@H]([C@@H]31)[C@](Cc1ccccc1)(O[C@@H]4C#N)O2. The van der Waals surface area contributed by atoms with Crippen LogP contribution in [0.2, 0.25) is 0 Å². The predicted molar refractivity (Wildman–Crippen MR) is 81.9 cm³/mol. The van der Waals surface area contributed by atoms with E-state index < -0.39 is 23.8 Å². The number of ether oxygens (including phenoxy) is 3. The molecule has 24 heavy (non-hydrogen) atoms. The van der Waals surface area contributed by atoms with Gasteiger partial charge in [-0.15, -0.1) is 0 Å². The van der Waals surface area contributed by atoms with Gasteiger partial charge in [-0.3, -0.25) is 0 Å². The van der Waals surface area contributed by atoms with Crippen LogP contribution in [0.25, 0.3) is 0 Å². The minimum atomic E-state index is -0.818. The van der Waals surface area contributed by atoms with Gasteiger partial charge in [0.25, 0.3) is 0 Å². The van der Waals surface area contributed by atoms with Gasteiger partial charge in [0.05, 0.1) is 12.1 Å². The van der Waals surface area contributed by atoms with Crippen molar-refractivity contribution >= 4 is 0 Å². The Labute approximate surface area is 140 Å². The van der Waals surface area contributed by atoms with Crippen molar-refractivity contribution < 1.29 is 14.2 Å². The number of nitrogens with zero attached hydrogens (tertiary/aromatic N) is 2. The lowest BCUT2D eigenvalue weighted by Crippen LogP contribution is -2.41. The van der Waals surface area contributed by atoms with E-state index >= 15 is 0 Å². The van der Waals surface area contributed by atoms with Gasteiger partial charge in [-0.05, 0) is 18.9 Å². The number of rotatable bonds is 2. The van der Waals surface area contributed by atoms with Crippen molar-refractivity contribution in [3.05, 3.63) is 35.9 Å². The molecule has 0 N–H and O–H groups in total. The highest BCUT2D eigenvalue weighted by molar-refractivity contribution is 5.25. The third-order valence-corrected chi connectivity index (χ3v) is 6.36. The molecule has 0 radical (unpaired) electrons. The minimum absolute atomic E-state index is 0.107. The van der Waals surface area contributed by atoms with Gasteiger partial charge in [-0.25, -0.2) is 0 Å². The number of nitriles is 2. The molecule has 0 unspecified atom stereocenters. The fraction of sp³-hybridized carbons (Fsp3) is 0.579. The summed E-state index contributed by atoms with van der Waals surface area (Å²) < 4.78 is 18.6. The van der Waals surface area contributed by atoms with Crippen molar-refractivity contribution in [2.45, 2.75) is 43.5 Å². The van der Waals surface area contributed by atoms with Crippen LogP contribution in [-0.4, -0.2) is 23.8 Å². The van der Waals surface area contributed by atoms with Gasteiger partial charge in [0.15, 0.2) is 23.8 Å². The first-order chi connectivity index (χ1) is 11.6. The molecule has 0 bridgehead atoms. The summed E-state index contributed by atoms with van der Waals surface area (Å²) in [6.07, 6.45) is 0.501. The number of hydrogen-bond donors (Lipinski definition) is 0. The Hall–Kier alpha value is -1.92. The first-order valence-corrected chi connectivity index (χ1v) is 8.49. The first kappa shape index (κ1) is 14.4. The van der Waals surface area contributed by atoms with Gasteiger partial charge in [0.1, 0.15) is 0 Å². The van der Waals surface area contributed by atoms with Gasteiger partial charge in [0, 0.05) is 30.1 Å². The molecule has 3 heterocycles. The summed E-state index contributed by atoms with van der Waals surface area (Å²) in [7, 11) is 0. The molecule has 4 fully saturated rings. The van der Waals surface area contributed by atoms with E-state index in [0.29, 0.717) is 6.42 Å². The second-order valence-electron chi connectivity index (χ2n) is 7.54. The van der Waals surface area contributed by atoms with Crippen LogP contribution in [0.5, 0.6) is 0 Å². The minimum Gasteiger partial charge on any atom is -0.331 e. The maximum absolute atomic E-state index is 9.55. The van der Waals surface area contributed by atoms with E-state index in [1.54, 1.807) is 0 Å². The second-order valence-corrected chi connectivity index (χ2v) is 7.54. The molecule has 0 aromatic heterocycles. The van der Waals surface area contributed by atoms with Crippen LogP contribution in [0.4, 0.5) is 0 Å². The Morgan fingerprint density at radius 1 is 1.04 bits per heavy atom. The Morgan fingerprint density at radius 3 is 2.42 bits per heavy atom. The average molecular weight is 322 g/mol. The standard InChI is InChI=1S/C19H18N2O3/c1-18-16-12(14(9-20)22-18)7-13-15(10-21)23-19(24-18,17(13)16)8-11-5-3-2-4-6-11/h2-6,12-17H,7-8H2,1H3/t12-,13+,14-,15+,16+,17-,18-,19+/m0/s1. The molecule has 0 spiro atoms. The van der Waals surface area contributed by atoms with Crippen molar-refractivity contribution in [3.8, 4) is 12.1 Å². The summed E-state index contributed by atoms with van der Waals surface area (Å²) in [6, 6.07) is 14.7. The van der Waals surface area contributed by atoms with E-state index in [2.05, 4.69) is 24.3 Å². The van der Waals surface area contributed by atoms with Crippen molar-refractivity contribution in [1.29, 1.82) is 10.5 Å². The van der Waals surface area contributed by atoms with E-state index in [1.165, 1.54) is 0 Å². The van der Waals surface area contributed by atoms with Crippen LogP contribution in [0.15, 0.2) is 30.3 Å². The summed E-state index contributed by atoms with van der Waals surface area (Å²) in [5.74, 6) is -1.13. The van der Waals surface area contributed by atoms with Crippen molar-refractivity contribution in [2.75, 3.05) is 0 Å². The van der Waals surface area contributed by atoms with Crippen molar-refractivity contribution in [2.24, 2.45) is 23.7 Å². The van der Waals surface area contributed by atoms with E-state index in [4.69, 9.17) is 14.2 Å². The first-order valence-electron chi connectivity index (χ1n) is 8.49. The lowest BCUT2D eigenvalue weighted by atomic mass is 9.79. The molecule has 3 aliphatic heterocycles. The summed E-state index contributed by atoms with van der Waals surface area (Å²) in [5.41, 5.74) is 1.12. The third-order valence-electron chi connectivity index (χ3n) is 6.36. The number of benzene rings is 1. The zero-order valence-electron chi connectivity index (χ0n) is 13.4. The molecule has 0 amide bonds. The fourth-order valence-electron chi connectivity index (χ4n) is 5.73. The molecule has 5 heteroatoms. The molecule has 3 saturated heterocycles. The highest BCUT2D eigenvalue weighted by Gasteiger charge is 2.78.